The summed E-state index contributed by atoms with van der Waals surface area (Å²) < 4.78 is 0. The predicted octanol–water partition coefficient (Wildman–Crippen LogP) is 5.57. The maximum absolute atomic E-state index is 12.7. The summed E-state index contributed by atoms with van der Waals surface area (Å²) in [6.45, 7) is 8.33. The quantitative estimate of drug-likeness (QED) is 0.490. The number of anilines is 3. The first-order chi connectivity index (χ1) is 14.5. The fourth-order valence-corrected chi connectivity index (χ4v) is 3.75. The van der Waals surface area contributed by atoms with Crippen LogP contribution in [0.15, 0.2) is 54.2 Å². The molecule has 2 N–H and O–H groups in total. The van der Waals surface area contributed by atoms with Crippen molar-refractivity contribution in [2.45, 2.75) is 46.0 Å². The molecule has 5 nitrogen and oxygen atoms in total. The van der Waals surface area contributed by atoms with Gasteiger partial charge in [0.1, 0.15) is 11.6 Å². The lowest BCUT2D eigenvalue weighted by Crippen LogP contribution is -2.29. The number of nitrogens with zero attached hydrogens (tertiary/aromatic N) is 2. The Morgan fingerprint density at radius 3 is 2.43 bits per heavy atom. The van der Waals surface area contributed by atoms with Gasteiger partial charge in [0.15, 0.2) is 0 Å². The van der Waals surface area contributed by atoms with Crippen LogP contribution in [0.5, 0.6) is 0 Å². The zero-order valence-electron chi connectivity index (χ0n) is 18.0. The van der Waals surface area contributed by atoms with Gasteiger partial charge in [-0.05, 0) is 67.5 Å². The number of aryl methyl sites for hydroxylation is 1. The van der Waals surface area contributed by atoms with E-state index in [1.807, 2.05) is 43.3 Å². The molecule has 2 aromatic rings. The highest BCUT2D eigenvalue weighted by Gasteiger charge is 2.15. The van der Waals surface area contributed by atoms with Gasteiger partial charge in [-0.15, -0.1) is 0 Å². The van der Waals surface area contributed by atoms with Crippen LogP contribution in [0.25, 0.3) is 0 Å². The largest absolute Gasteiger partial charge is 0.372 e. The van der Waals surface area contributed by atoms with Crippen LogP contribution in [0.4, 0.5) is 17.1 Å². The molecule has 0 unspecified atom stereocenters. The molecule has 1 saturated heterocycles. The highest BCUT2D eigenvalue weighted by molar-refractivity contribution is 6.07. The molecule has 0 spiro atoms. The van der Waals surface area contributed by atoms with Gasteiger partial charge in [0.25, 0.3) is 5.91 Å². The zero-order chi connectivity index (χ0) is 21.5. The van der Waals surface area contributed by atoms with E-state index in [4.69, 9.17) is 0 Å². The fraction of sp³-hybridized carbons (Fsp3) is 0.360. The Balaban J connectivity index is 1.69. The SMILES string of the molecule is Cc1cccc(C(C)C)c1NC(=O)/C(C#N)=C\Nc1ccc(N2CCCCC2)cc1. The third-order valence-corrected chi connectivity index (χ3v) is 5.50. The van der Waals surface area contributed by atoms with E-state index in [1.165, 1.54) is 31.1 Å². The molecule has 5 heteroatoms. The molecule has 3 rings (SSSR count). The Hall–Kier alpha value is -3.26. The van der Waals surface area contributed by atoms with Gasteiger partial charge in [-0.2, -0.15) is 5.26 Å². The molecule has 1 aliphatic rings. The van der Waals surface area contributed by atoms with Crippen molar-refractivity contribution in [3.05, 3.63) is 65.4 Å². The van der Waals surface area contributed by atoms with Gasteiger partial charge in [-0.25, -0.2) is 0 Å². The number of piperidine rings is 1. The van der Waals surface area contributed by atoms with Crippen molar-refractivity contribution in [3.8, 4) is 6.07 Å². The lowest BCUT2D eigenvalue weighted by molar-refractivity contribution is -0.112. The van der Waals surface area contributed by atoms with Gasteiger partial charge in [0.05, 0.1) is 0 Å². The minimum Gasteiger partial charge on any atom is -0.372 e. The van der Waals surface area contributed by atoms with Crippen LogP contribution in [0.3, 0.4) is 0 Å². The molecule has 0 atom stereocenters. The van der Waals surface area contributed by atoms with Crippen LogP contribution in [-0.2, 0) is 4.79 Å². The normalized spacial score (nSPS) is 14.4. The van der Waals surface area contributed by atoms with Crippen molar-refractivity contribution in [2.24, 2.45) is 0 Å². The number of nitrogens with one attached hydrogen (secondary N) is 2. The molecule has 0 aromatic heterocycles. The third kappa shape index (κ3) is 5.21. The van der Waals surface area contributed by atoms with Crippen molar-refractivity contribution >= 4 is 23.0 Å². The van der Waals surface area contributed by atoms with Crippen molar-refractivity contribution in [3.63, 3.8) is 0 Å². The molecule has 30 heavy (non-hydrogen) atoms. The minimum absolute atomic E-state index is 0.0352. The van der Waals surface area contributed by atoms with Crippen LogP contribution in [0.1, 0.15) is 50.2 Å². The Kier molecular flexibility index (Phi) is 7.13. The number of carbonyl (C=O) groups excluding carboxylic acids is 1. The fourth-order valence-electron chi connectivity index (χ4n) is 3.75. The third-order valence-electron chi connectivity index (χ3n) is 5.50. The molecule has 0 aliphatic carbocycles. The van der Waals surface area contributed by atoms with Crippen LogP contribution in [-0.4, -0.2) is 19.0 Å². The number of hydrogen-bond acceptors (Lipinski definition) is 4. The second kappa shape index (κ2) is 9.98. The standard InChI is InChI=1S/C25H30N4O/c1-18(2)23-9-7-8-19(3)24(23)28-25(30)20(16-26)17-27-21-10-12-22(13-11-21)29-14-5-4-6-15-29/h7-13,17-18,27H,4-6,14-15H2,1-3H3,(H,28,30)/b20-17-. The van der Waals surface area contributed by atoms with Crippen molar-refractivity contribution in [1.82, 2.24) is 0 Å². The number of hydrogen-bond donors (Lipinski definition) is 2. The first-order valence-corrected chi connectivity index (χ1v) is 10.6. The number of para-hydroxylation sites is 1. The van der Waals surface area contributed by atoms with E-state index in [0.717, 1.165) is 35.6 Å². The highest BCUT2D eigenvalue weighted by atomic mass is 16.1. The van der Waals surface area contributed by atoms with Crippen LogP contribution in [0, 0.1) is 18.3 Å². The van der Waals surface area contributed by atoms with Crippen molar-refractivity contribution in [1.29, 1.82) is 5.26 Å². The second-order valence-corrected chi connectivity index (χ2v) is 8.06. The van der Waals surface area contributed by atoms with E-state index in [0.29, 0.717) is 0 Å². The first kappa shape index (κ1) is 21.4. The molecule has 1 amide bonds. The van der Waals surface area contributed by atoms with E-state index in [9.17, 15) is 10.1 Å². The molecular formula is C25H30N4O. The summed E-state index contributed by atoms with van der Waals surface area (Å²) in [5.74, 6) is -0.141. The number of carbonyl (C=O) groups is 1. The second-order valence-electron chi connectivity index (χ2n) is 8.06. The van der Waals surface area contributed by atoms with E-state index in [-0.39, 0.29) is 11.5 Å². The van der Waals surface area contributed by atoms with Gasteiger partial charge < -0.3 is 15.5 Å². The highest BCUT2D eigenvalue weighted by Crippen LogP contribution is 2.28. The molecule has 0 radical (unpaired) electrons. The Morgan fingerprint density at radius 1 is 1.10 bits per heavy atom. The van der Waals surface area contributed by atoms with Gasteiger partial charge >= 0.3 is 0 Å². The van der Waals surface area contributed by atoms with Gasteiger partial charge in [0.2, 0.25) is 0 Å². The summed E-state index contributed by atoms with van der Waals surface area (Å²) in [5, 5.41) is 15.5. The molecule has 1 aliphatic heterocycles. The van der Waals surface area contributed by atoms with Crippen molar-refractivity contribution < 1.29 is 4.79 Å². The average molecular weight is 403 g/mol. The summed E-state index contributed by atoms with van der Waals surface area (Å²) in [4.78, 5) is 15.1. The summed E-state index contributed by atoms with van der Waals surface area (Å²) in [7, 11) is 0. The van der Waals surface area contributed by atoms with Gasteiger partial charge in [-0.1, -0.05) is 32.0 Å². The van der Waals surface area contributed by atoms with E-state index in [1.54, 1.807) is 0 Å². The summed E-state index contributed by atoms with van der Waals surface area (Å²) in [5.41, 5.74) is 4.91. The first-order valence-electron chi connectivity index (χ1n) is 10.6. The monoisotopic (exact) mass is 402 g/mol. The average Bonchev–Trinajstić information content (AvgIpc) is 2.76. The number of benzene rings is 2. The Bertz CT molecular complexity index is 948. The molecule has 0 bridgehead atoms. The maximum atomic E-state index is 12.7. The lowest BCUT2D eigenvalue weighted by Gasteiger charge is -2.28. The molecule has 156 valence electrons. The topological polar surface area (TPSA) is 68.2 Å². The van der Waals surface area contributed by atoms with E-state index < -0.39 is 5.91 Å². The van der Waals surface area contributed by atoms with Gasteiger partial charge in [-0.3, -0.25) is 4.79 Å². The Labute approximate surface area is 179 Å². The van der Waals surface area contributed by atoms with Crippen molar-refractivity contribution in [2.75, 3.05) is 28.6 Å². The van der Waals surface area contributed by atoms with E-state index in [2.05, 4.69) is 41.5 Å². The molecule has 1 heterocycles. The summed E-state index contributed by atoms with van der Waals surface area (Å²) >= 11 is 0. The number of nitriles is 1. The molecule has 0 saturated carbocycles. The van der Waals surface area contributed by atoms with Crippen LogP contribution >= 0.6 is 0 Å². The summed E-state index contributed by atoms with van der Waals surface area (Å²) in [6.07, 6.45) is 5.26. The van der Waals surface area contributed by atoms with E-state index >= 15 is 0 Å². The van der Waals surface area contributed by atoms with Crippen LogP contribution in [0.2, 0.25) is 0 Å². The predicted molar refractivity (Wildman–Crippen MR) is 124 cm³/mol. The number of amides is 1. The van der Waals surface area contributed by atoms with Crippen LogP contribution < -0.4 is 15.5 Å². The number of rotatable bonds is 6. The lowest BCUT2D eigenvalue weighted by atomic mass is 9.98. The molecule has 1 fully saturated rings. The molecule has 2 aromatic carbocycles. The van der Waals surface area contributed by atoms with Gasteiger partial charge in [0, 0.05) is 36.4 Å². The zero-order valence-corrected chi connectivity index (χ0v) is 18.0. The minimum atomic E-state index is -0.411. The molecular weight excluding hydrogens is 372 g/mol. The Morgan fingerprint density at radius 2 is 1.80 bits per heavy atom. The summed E-state index contributed by atoms with van der Waals surface area (Å²) in [6, 6.07) is 16.1. The smallest absolute Gasteiger partial charge is 0.267 e. The maximum Gasteiger partial charge on any atom is 0.267 e.